The van der Waals surface area contributed by atoms with Crippen molar-refractivity contribution in [2.75, 3.05) is 26.2 Å². The van der Waals surface area contributed by atoms with Crippen molar-refractivity contribution in [3.8, 4) is 0 Å². The minimum Gasteiger partial charge on any atom is -0.314 e. The van der Waals surface area contributed by atoms with Crippen molar-refractivity contribution in [1.82, 2.24) is 14.5 Å². The molecule has 0 bridgehead atoms. The third-order valence-electron chi connectivity index (χ3n) is 1.56. The number of rotatable bonds is 2. The van der Waals surface area contributed by atoms with E-state index in [-0.39, 0.29) is 0 Å². The van der Waals surface area contributed by atoms with Gasteiger partial charge in [0.15, 0.2) is 0 Å². The Hall–Kier alpha value is -0.210. The summed E-state index contributed by atoms with van der Waals surface area (Å²) in [4.78, 5) is 1.78. The van der Waals surface area contributed by atoms with Crippen molar-refractivity contribution in [2.24, 2.45) is 5.84 Å². The smallest absolute Gasteiger partial charge is 0.292 e. The quantitative estimate of drug-likeness (QED) is 0.326. The van der Waals surface area contributed by atoms with Gasteiger partial charge in [0, 0.05) is 26.2 Å². The largest absolute Gasteiger partial charge is 0.314 e. The predicted molar refractivity (Wildman–Crippen MR) is 40.7 cm³/mol. The minimum atomic E-state index is -3.40. The molecular weight excluding hydrogens is 168 g/mol. The zero-order chi connectivity index (χ0) is 8.32. The van der Waals surface area contributed by atoms with E-state index in [0.29, 0.717) is 26.2 Å². The van der Waals surface area contributed by atoms with Crippen LogP contribution >= 0.6 is 0 Å². The van der Waals surface area contributed by atoms with Crippen molar-refractivity contribution < 1.29 is 8.42 Å². The molecule has 1 fully saturated rings. The van der Waals surface area contributed by atoms with Gasteiger partial charge in [-0.2, -0.15) is 12.7 Å². The fraction of sp³-hybridized carbons (Fsp3) is 1.00. The van der Waals surface area contributed by atoms with Gasteiger partial charge in [0.1, 0.15) is 0 Å². The molecule has 1 heterocycles. The van der Waals surface area contributed by atoms with Gasteiger partial charge in [-0.3, -0.25) is 5.84 Å². The molecule has 7 heteroatoms. The van der Waals surface area contributed by atoms with E-state index in [9.17, 15) is 8.42 Å². The van der Waals surface area contributed by atoms with E-state index in [2.05, 4.69) is 5.32 Å². The van der Waals surface area contributed by atoms with Crippen LogP contribution in [0, 0.1) is 0 Å². The lowest BCUT2D eigenvalue weighted by molar-refractivity contribution is 0.355. The van der Waals surface area contributed by atoms with E-state index in [1.807, 2.05) is 0 Å². The highest BCUT2D eigenvalue weighted by Crippen LogP contribution is 1.97. The zero-order valence-corrected chi connectivity index (χ0v) is 6.89. The molecule has 0 spiro atoms. The van der Waals surface area contributed by atoms with Gasteiger partial charge in [0.2, 0.25) is 0 Å². The normalized spacial score (nSPS) is 21.9. The average Bonchev–Trinajstić information content (AvgIpc) is 2.06. The lowest BCUT2D eigenvalue weighted by Crippen LogP contribution is -2.52. The molecule has 0 unspecified atom stereocenters. The lowest BCUT2D eigenvalue weighted by Gasteiger charge is -2.25. The highest BCUT2D eigenvalue weighted by atomic mass is 32.2. The first kappa shape index (κ1) is 8.88. The van der Waals surface area contributed by atoms with E-state index < -0.39 is 10.2 Å². The molecule has 0 saturated carbocycles. The molecule has 1 saturated heterocycles. The Bertz CT molecular complexity index is 208. The summed E-state index contributed by atoms with van der Waals surface area (Å²) in [7, 11) is -3.40. The molecule has 0 amide bonds. The minimum absolute atomic E-state index is 0.479. The summed E-state index contributed by atoms with van der Waals surface area (Å²) in [5.41, 5.74) is 0. The van der Waals surface area contributed by atoms with Crippen LogP contribution in [0.2, 0.25) is 0 Å². The van der Waals surface area contributed by atoms with Crippen molar-refractivity contribution >= 4 is 10.2 Å². The van der Waals surface area contributed by atoms with E-state index >= 15 is 0 Å². The molecule has 0 aromatic carbocycles. The molecular formula is C4H12N4O2S. The van der Waals surface area contributed by atoms with Gasteiger partial charge in [0.25, 0.3) is 10.2 Å². The van der Waals surface area contributed by atoms with Gasteiger partial charge in [-0.05, 0) is 0 Å². The fourth-order valence-corrected chi connectivity index (χ4v) is 1.77. The van der Waals surface area contributed by atoms with Crippen molar-refractivity contribution in [2.45, 2.75) is 0 Å². The molecule has 11 heavy (non-hydrogen) atoms. The van der Waals surface area contributed by atoms with E-state index in [1.165, 1.54) is 4.31 Å². The Kier molecular flexibility index (Phi) is 2.79. The first-order valence-corrected chi connectivity index (χ1v) is 4.79. The van der Waals surface area contributed by atoms with Gasteiger partial charge in [-0.25, -0.2) is 0 Å². The van der Waals surface area contributed by atoms with Gasteiger partial charge in [-0.15, -0.1) is 4.83 Å². The van der Waals surface area contributed by atoms with E-state index in [0.717, 1.165) is 0 Å². The Morgan fingerprint density at radius 1 is 1.36 bits per heavy atom. The standard InChI is InChI=1S/C4H12N4O2S/c5-7-11(9,10)8-3-1-6-2-4-8/h6-7H,1-5H2. The van der Waals surface area contributed by atoms with E-state index in [1.54, 1.807) is 4.83 Å². The van der Waals surface area contributed by atoms with Gasteiger partial charge >= 0.3 is 0 Å². The summed E-state index contributed by atoms with van der Waals surface area (Å²) in [5, 5.41) is 3.04. The summed E-state index contributed by atoms with van der Waals surface area (Å²) in [6.07, 6.45) is 0. The topological polar surface area (TPSA) is 87.5 Å². The first-order chi connectivity index (χ1) is 5.17. The molecule has 1 aliphatic rings. The molecule has 4 N–H and O–H groups in total. The average molecular weight is 180 g/mol. The summed E-state index contributed by atoms with van der Waals surface area (Å²) >= 11 is 0. The van der Waals surface area contributed by atoms with Crippen LogP contribution in [0.25, 0.3) is 0 Å². The van der Waals surface area contributed by atoms with Crippen molar-refractivity contribution in [3.05, 3.63) is 0 Å². The van der Waals surface area contributed by atoms with Crippen LogP contribution in [0.5, 0.6) is 0 Å². The Labute approximate surface area is 65.9 Å². The second kappa shape index (κ2) is 3.46. The molecule has 0 aromatic heterocycles. The molecule has 1 aliphatic heterocycles. The molecule has 6 nitrogen and oxygen atoms in total. The highest BCUT2D eigenvalue weighted by Gasteiger charge is 2.21. The second-order valence-corrected chi connectivity index (χ2v) is 3.97. The monoisotopic (exact) mass is 180 g/mol. The fourth-order valence-electron chi connectivity index (χ4n) is 0.959. The number of hydrogen-bond acceptors (Lipinski definition) is 4. The maximum absolute atomic E-state index is 11.0. The van der Waals surface area contributed by atoms with Crippen LogP contribution in [0.4, 0.5) is 0 Å². The number of hydrazine groups is 1. The SMILES string of the molecule is NNS(=O)(=O)N1CCNCC1. The van der Waals surface area contributed by atoms with Crippen molar-refractivity contribution in [3.63, 3.8) is 0 Å². The Balaban J connectivity index is 2.58. The maximum Gasteiger partial charge on any atom is 0.292 e. The third-order valence-corrected chi connectivity index (χ3v) is 2.91. The van der Waals surface area contributed by atoms with Gasteiger partial charge in [-0.1, -0.05) is 0 Å². The molecule has 0 radical (unpaired) electrons. The predicted octanol–water partition coefficient (Wildman–Crippen LogP) is -2.40. The second-order valence-electron chi connectivity index (χ2n) is 2.27. The van der Waals surface area contributed by atoms with E-state index in [4.69, 9.17) is 5.84 Å². The summed E-state index contributed by atoms with van der Waals surface area (Å²) in [5.74, 6) is 4.84. The van der Waals surface area contributed by atoms with Crippen LogP contribution < -0.4 is 16.0 Å². The number of hydrogen-bond donors (Lipinski definition) is 3. The van der Waals surface area contributed by atoms with Crippen molar-refractivity contribution in [1.29, 1.82) is 0 Å². The Morgan fingerprint density at radius 2 is 1.91 bits per heavy atom. The summed E-state index contributed by atoms with van der Waals surface area (Å²) in [6.45, 7) is 2.32. The number of nitrogens with two attached hydrogens (primary N) is 1. The number of piperazine rings is 1. The summed E-state index contributed by atoms with van der Waals surface area (Å²) < 4.78 is 23.3. The number of nitrogens with zero attached hydrogens (tertiary/aromatic N) is 1. The lowest BCUT2D eigenvalue weighted by atomic mass is 10.4. The molecule has 0 aromatic rings. The van der Waals surface area contributed by atoms with Crippen LogP contribution in [-0.2, 0) is 10.2 Å². The van der Waals surface area contributed by atoms with Crippen LogP contribution in [0.3, 0.4) is 0 Å². The highest BCUT2D eigenvalue weighted by molar-refractivity contribution is 7.87. The zero-order valence-electron chi connectivity index (χ0n) is 6.08. The first-order valence-electron chi connectivity index (χ1n) is 3.35. The molecule has 0 aliphatic carbocycles. The Morgan fingerprint density at radius 3 is 2.36 bits per heavy atom. The van der Waals surface area contributed by atoms with Gasteiger partial charge in [0.05, 0.1) is 0 Å². The molecule has 66 valence electrons. The summed E-state index contributed by atoms with van der Waals surface area (Å²) in [6, 6.07) is 0. The molecule has 1 rings (SSSR count). The maximum atomic E-state index is 11.0. The molecule has 0 atom stereocenters. The third kappa shape index (κ3) is 2.11. The van der Waals surface area contributed by atoms with Crippen LogP contribution in [0.15, 0.2) is 0 Å². The van der Waals surface area contributed by atoms with Gasteiger partial charge < -0.3 is 5.32 Å². The number of nitrogens with one attached hydrogen (secondary N) is 2. The van der Waals surface area contributed by atoms with Crippen LogP contribution in [0.1, 0.15) is 0 Å². The van der Waals surface area contributed by atoms with Crippen LogP contribution in [-0.4, -0.2) is 38.9 Å².